The molecule has 0 aliphatic heterocycles. The van der Waals surface area contributed by atoms with Crippen LogP contribution in [0.2, 0.25) is 0 Å². The molecule has 0 saturated heterocycles. The van der Waals surface area contributed by atoms with Gasteiger partial charge in [-0.15, -0.1) is 0 Å². The zero-order chi connectivity index (χ0) is 13.2. The number of H-pyrrole nitrogens is 1. The number of hydrogen-bond acceptors (Lipinski definition) is 2. The molecule has 2 aromatic carbocycles. The van der Waals surface area contributed by atoms with Crippen molar-refractivity contribution in [2.24, 2.45) is 5.73 Å². The van der Waals surface area contributed by atoms with Crippen molar-refractivity contribution in [3.05, 3.63) is 53.8 Å². The Morgan fingerprint density at radius 2 is 2.05 bits per heavy atom. The molecule has 3 N–H and O–H groups in total. The topological polar surface area (TPSA) is 54.7 Å². The van der Waals surface area contributed by atoms with Crippen LogP contribution in [0.15, 0.2) is 42.5 Å². The van der Waals surface area contributed by atoms with Crippen LogP contribution in [0.5, 0.6) is 0 Å². The minimum Gasteiger partial charge on any atom is -0.338 e. The Hall–Kier alpha value is -2.20. The van der Waals surface area contributed by atoms with E-state index in [1.165, 1.54) is 17.7 Å². The molecule has 0 radical (unpaired) electrons. The van der Waals surface area contributed by atoms with Gasteiger partial charge in [0.15, 0.2) is 0 Å². The van der Waals surface area contributed by atoms with Gasteiger partial charge in [0.1, 0.15) is 11.6 Å². The van der Waals surface area contributed by atoms with E-state index in [-0.39, 0.29) is 5.82 Å². The van der Waals surface area contributed by atoms with E-state index in [9.17, 15) is 4.39 Å². The first-order valence-corrected chi connectivity index (χ1v) is 6.21. The molecule has 3 nitrogen and oxygen atoms in total. The first-order chi connectivity index (χ1) is 9.26. The quantitative estimate of drug-likeness (QED) is 0.756. The molecule has 96 valence electrons. The third kappa shape index (κ3) is 2.35. The number of nitrogens with one attached hydrogen (secondary N) is 1. The highest BCUT2D eigenvalue weighted by molar-refractivity contribution is 5.80. The molecule has 0 bridgehead atoms. The number of nitrogens with two attached hydrogens (primary N) is 1. The van der Waals surface area contributed by atoms with Crippen LogP contribution in [-0.2, 0) is 6.42 Å². The molecule has 19 heavy (non-hydrogen) atoms. The average molecular weight is 255 g/mol. The van der Waals surface area contributed by atoms with Gasteiger partial charge in [-0.25, -0.2) is 9.37 Å². The van der Waals surface area contributed by atoms with Crippen molar-refractivity contribution in [3.8, 4) is 11.4 Å². The van der Waals surface area contributed by atoms with Crippen LogP contribution in [0.3, 0.4) is 0 Å². The van der Waals surface area contributed by atoms with Crippen LogP contribution in [0.1, 0.15) is 5.56 Å². The smallest absolute Gasteiger partial charge is 0.138 e. The highest BCUT2D eigenvalue weighted by Crippen LogP contribution is 2.21. The summed E-state index contributed by atoms with van der Waals surface area (Å²) < 4.78 is 13.2. The number of benzene rings is 2. The molecule has 1 heterocycles. The van der Waals surface area contributed by atoms with E-state index >= 15 is 0 Å². The molecular weight excluding hydrogens is 241 g/mol. The highest BCUT2D eigenvalue weighted by atomic mass is 19.1. The lowest BCUT2D eigenvalue weighted by molar-refractivity contribution is 0.628. The summed E-state index contributed by atoms with van der Waals surface area (Å²) >= 11 is 0. The first-order valence-electron chi connectivity index (χ1n) is 6.21. The van der Waals surface area contributed by atoms with E-state index in [4.69, 9.17) is 5.73 Å². The summed E-state index contributed by atoms with van der Waals surface area (Å²) in [5.74, 6) is 0.418. The Morgan fingerprint density at radius 3 is 2.84 bits per heavy atom. The predicted octanol–water partition coefficient (Wildman–Crippen LogP) is 2.87. The number of halogens is 1. The van der Waals surface area contributed by atoms with Crippen LogP contribution in [0, 0.1) is 5.82 Å². The van der Waals surface area contributed by atoms with Gasteiger partial charge in [-0.2, -0.15) is 0 Å². The number of imidazole rings is 1. The SMILES string of the molecule is NCCc1ccc2nc(-c3cccc(F)c3)[nH]c2c1. The summed E-state index contributed by atoms with van der Waals surface area (Å²) in [4.78, 5) is 7.69. The van der Waals surface area contributed by atoms with Gasteiger partial charge in [-0.3, -0.25) is 0 Å². The largest absolute Gasteiger partial charge is 0.338 e. The Balaban J connectivity index is 2.06. The zero-order valence-electron chi connectivity index (χ0n) is 10.4. The molecule has 0 aliphatic rings. The molecule has 4 heteroatoms. The lowest BCUT2D eigenvalue weighted by Gasteiger charge is -1.97. The lowest BCUT2D eigenvalue weighted by atomic mass is 10.1. The number of aromatic amines is 1. The monoisotopic (exact) mass is 255 g/mol. The van der Waals surface area contributed by atoms with Gasteiger partial charge in [-0.1, -0.05) is 18.2 Å². The summed E-state index contributed by atoms with van der Waals surface area (Å²) in [5.41, 5.74) is 9.29. The zero-order valence-corrected chi connectivity index (χ0v) is 10.4. The van der Waals surface area contributed by atoms with Crippen molar-refractivity contribution in [3.63, 3.8) is 0 Å². The van der Waals surface area contributed by atoms with Crippen molar-refractivity contribution in [2.75, 3.05) is 6.54 Å². The Kier molecular flexibility index (Phi) is 3.01. The second-order valence-corrected chi connectivity index (χ2v) is 4.49. The molecule has 0 fully saturated rings. The van der Waals surface area contributed by atoms with Gasteiger partial charge in [0.25, 0.3) is 0 Å². The second kappa shape index (κ2) is 4.82. The Labute approximate surface area is 110 Å². The Morgan fingerprint density at radius 1 is 1.16 bits per heavy atom. The van der Waals surface area contributed by atoms with Crippen molar-refractivity contribution in [2.45, 2.75) is 6.42 Å². The minimum absolute atomic E-state index is 0.262. The summed E-state index contributed by atoms with van der Waals surface area (Å²) in [6.07, 6.45) is 0.838. The Bertz CT molecular complexity index is 718. The van der Waals surface area contributed by atoms with E-state index in [0.717, 1.165) is 23.0 Å². The molecule has 0 unspecified atom stereocenters. The fraction of sp³-hybridized carbons (Fsp3) is 0.133. The minimum atomic E-state index is -0.262. The molecule has 1 aromatic heterocycles. The highest BCUT2D eigenvalue weighted by Gasteiger charge is 2.06. The maximum Gasteiger partial charge on any atom is 0.138 e. The molecule has 3 rings (SSSR count). The van der Waals surface area contributed by atoms with Crippen LogP contribution in [0.25, 0.3) is 22.4 Å². The van der Waals surface area contributed by atoms with Crippen LogP contribution in [0.4, 0.5) is 4.39 Å². The van der Waals surface area contributed by atoms with Gasteiger partial charge < -0.3 is 10.7 Å². The third-order valence-electron chi connectivity index (χ3n) is 3.08. The van der Waals surface area contributed by atoms with Crippen LogP contribution >= 0.6 is 0 Å². The van der Waals surface area contributed by atoms with Crippen molar-refractivity contribution in [1.29, 1.82) is 0 Å². The molecule has 0 atom stereocenters. The van der Waals surface area contributed by atoms with E-state index in [1.807, 2.05) is 24.3 Å². The molecule has 0 saturated carbocycles. The van der Waals surface area contributed by atoms with E-state index in [0.29, 0.717) is 12.4 Å². The molecule has 0 amide bonds. The molecule has 0 aliphatic carbocycles. The standard InChI is InChI=1S/C15H14FN3/c16-12-3-1-2-11(9-12)15-18-13-5-4-10(6-7-17)8-14(13)19-15/h1-5,8-9H,6-7,17H2,(H,18,19). The van der Waals surface area contributed by atoms with Gasteiger partial charge in [0, 0.05) is 5.56 Å². The number of rotatable bonds is 3. The maximum atomic E-state index is 13.2. The van der Waals surface area contributed by atoms with Gasteiger partial charge in [-0.05, 0) is 42.8 Å². The normalized spacial score (nSPS) is 11.1. The van der Waals surface area contributed by atoms with Crippen LogP contribution < -0.4 is 5.73 Å². The average Bonchev–Trinajstić information content (AvgIpc) is 2.82. The molecular formula is C15H14FN3. The van der Waals surface area contributed by atoms with Gasteiger partial charge >= 0.3 is 0 Å². The number of nitrogens with zero attached hydrogens (tertiary/aromatic N) is 1. The van der Waals surface area contributed by atoms with E-state index < -0.39 is 0 Å². The maximum absolute atomic E-state index is 13.2. The third-order valence-corrected chi connectivity index (χ3v) is 3.08. The van der Waals surface area contributed by atoms with Crippen molar-refractivity contribution < 1.29 is 4.39 Å². The first kappa shape index (κ1) is 11.9. The van der Waals surface area contributed by atoms with E-state index in [1.54, 1.807) is 6.07 Å². The van der Waals surface area contributed by atoms with Gasteiger partial charge in [0.05, 0.1) is 11.0 Å². The number of fused-ring (bicyclic) bond motifs is 1. The lowest BCUT2D eigenvalue weighted by Crippen LogP contribution is -2.02. The summed E-state index contributed by atoms with van der Waals surface area (Å²) in [5, 5.41) is 0. The summed E-state index contributed by atoms with van der Waals surface area (Å²) in [6, 6.07) is 12.4. The second-order valence-electron chi connectivity index (χ2n) is 4.49. The predicted molar refractivity (Wildman–Crippen MR) is 74.2 cm³/mol. The molecule has 0 spiro atoms. The fourth-order valence-electron chi connectivity index (χ4n) is 2.15. The van der Waals surface area contributed by atoms with Crippen LogP contribution in [-0.4, -0.2) is 16.5 Å². The summed E-state index contributed by atoms with van der Waals surface area (Å²) in [7, 11) is 0. The number of aromatic nitrogens is 2. The van der Waals surface area contributed by atoms with Gasteiger partial charge in [0.2, 0.25) is 0 Å². The number of hydrogen-bond donors (Lipinski definition) is 2. The molecule has 3 aromatic rings. The fourth-order valence-corrected chi connectivity index (χ4v) is 2.15. The van der Waals surface area contributed by atoms with E-state index in [2.05, 4.69) is 9.97 Å². The van der Waals surface area contributed by atoms with Crippen molar-refractivity contribution >= 4 is 11.0 Å². The summed E-state index contributed by atoms with van der Waals surface area (Å²) in [6.45, 7) is 0.621. The van der Waals surface area contributed by atoms with Crippen molar-refractivity contribution in [1.82, 2.24) is 9.97 Å².